The van der Waals surface area contributed by atoms with Crippen molar-refractivity contribution in [2.45, 2.75) is 20.4 Å². The van der Waals surface area contributed by atoms with Gasteiger partial charge in [0.1, 0.15) is 11.3 Å². The Kier molecular flexibility index (Phi) is 2.82. The van der Waals surface area contributed by atoms with E-state index in [4.69, 9.17) is 10.2 Å². The number of amides is 1. The molecule has 0 bridgehead atoms. The maximum absolute atomic E-state index is 11.8. The molecule has 2 rings (SSSR count). The number of nitrogen functional groups attached to an aromatic ring is 1. The Morgan fingerprint density at radius 1 is 1.59 bits per heavy atom. The van der Waals surface area contributed by atoms with E-state index in [2.05, 4.69) is 20.5 Å². The molecule has 7 heteroatoms. The third-order valence-electron chi connectivity index (χ3n) is 2.27. The summed E-state index contributed by atoms with van der Waals surface area (Å²) < 4.78 is 5.23. The number of hydrogen-bond donors (Lipinski definition) is 3. The van der Waals surface area contributed by atoms with Crippen LogP contribution in [0.3, 0.4) is 0 Å². The molecule has 0 aliphatic rings. The molecule has 0 fully saturated rings. The van der Waals surface area contributed by atoms with Crippen LogP contribution >= 0.6 is 0 Å². The Hall–Kier alpha value is -2.31. The lowest BCUT2D eigenvalue weighted by molar-refractivity contribution is 0.0947. The topological polar surface area (TPSA) is 110 Å². The number of nitrogens with zero attached hydrogens (tertiary/aromatic N) is 2. The first-order valence-electron chi connectivity index (χ1n) is 5.08. The lowest BCUT2D eigenvalue weighted by atomic mass is 10.2. The van der Waals surface area contributed by atoms with Gasteiger partial charge in [-0.25, -0.2) is 4.98 Å². The monoisotopic (exact) mass is 235 g/mol. The van der Waals surface area contributed by atoms with Crippen LogP contribution in [0.1, 0.15) is 27.7 Å². The Bertz CT molecular complexity index is 523. The molecule has 0 saturated heterocycles. The first-order chi connectivity index (χ1) is 8.08. The molecular weight excluding hydrogens is 222 g/mol. The molecule has 0 aliphatic carbocycles. The summed E-state index contributed by atoms with van der Waals surface area (Å²) in [7, 11) is 0. The summed E-state index contributed by atoms with van der Waals surface area (Å²) in [5.74, 6) is 1.04. The van der Waals surface area contributed by atoms with Crippen molar-refractivity contribution < 1.29 is 9.21 Å². The first-order valence-corrected chi connectivity index (χ1v) is 5.08. The number of carbonyl (C=O) groups excluding carboxylic acids is 1. The van der Waals surface area contributed by atoms with Crippen molar-refractivity contribution in [1.82, 2.24) is 20.5 Å². The summed E-state index contributed by atoms with van der Waals surface area (Å²) >= 11 is 0. The Labute approximate surface area is 97.4 Å². The third-order valence-corrected chi connectivity index (χ3v) is 2.27. The van der Waals surface area contributed by atoms with Crippen LogP contribution in [0.5, 0.6) is 0 Å². The Morgan fingerprint density at radius 2 is 2.35 bits per heavy atom. The zero-order chi connectivity index (χ0) is 12.4. The van der Waals surface area contributed by atoms with Crippen molar-refractivity contribution in [3.8, 4) is 0 Å². The fourth-order valence-electron chi connectivity index (χ4n) is 1.46. The van der Waals surface area contributed by atoms with Crippen LogP contribution < -0.4 is 11.1 Å². The van der Waals surface area contributed by atoms with E-state index in [1.165, 1.54) is 0 Å². The highest BCUT2D eigenvalue weighted by atomic mass is 16.4. The highest BCUT2D eigenvalue weighted by Gasteiger charge is 2.16. The molecule has 0 aliphatic heterocycles. The first kappa shape index (κ1) is 11.2. The average Bonchev–Trinajstić information content (AvgIpc) is 2.83. The fourth-order valence-corrected chi connectivity index (χ4v) is 1.46. The number of oxazole rings is 1. The maximum Gasteiger partial charge on any atom is 0.257 e. The molecule has 1 amide bonds. The van der Waals surface area contributed by atoms with E-state index < -0.39 is 0 Å². The Balaban J connectivity index is 2.03. The van der Waals surface area contributed by atoms with Crippen LogP contribution in [0.15, 0.2) is 10.6 Å². The second-order valence-corrected chi connectivity index (χ2v) is 3.66. The van der Waals surface area contributed by atoms with Crippen molar-refractivity contribution in [2.24, 2.45) is 0 Å². The number of hydrogen-bond acceptors (Lipinski definition) is 5. The van der Waals surface area contributed by atoms with E-state index in [0.717, 1.165) is 0 Å². The molecule has 2 aromatic heterocycles. The summed E-state index contributed by atoms with van der Waals surface area (Å²) in [6.07, 6.45) is 1.60. The molecule has 2 heterocycles. The Morgan fingerprint density at radius 3 is 2.88 bits per heavy atom. The van der Waals surface area contributed by atoms with Crippen molar-refractivity contribution >= 4 is 11.7 Å². The van der Waals surface area contributed by atoms with Gasteiger partial charge >= 0.3 is 0 Å². The minimum absolute atomic E-state index is 0.184. The van der Waals surface area contributed by atoms with Gasteiger partial charge in [-0.2, -0.15) is 5.10 Å². The number of aromatic nitrogens is 3. The van der Waals surface area contributed by atoms with Crippen molar-refractivity contribution in [3.05, 3.63) is 29.1 Å². The zero-order valence-corrected chi connectivity index (χ0v) is 9.57. The molecule has 7 nitrogen and oxygen atoms in total. The van der Waals surface area contributed by atoms with Crippen LogP contribution in [0.4, 0.5) is 5.82 Å². The number of anilines is 1. The number of carbonyl (C=O) groups is 1. The summed E-state index contributed by atoms with van der Waals surface area (Å²) in [5, 5.41) is 9.06. The van der Waals surface area contributed by atoms with Gasteiger partial charge in [0, 0.05) is 5.69 Å². The number of aromatic amines is 1. The SMILES string of the molecule is Cc1cnc(CNC(=O)c2c(N)n[nH]c2C)o1. The number of nitrogens with two attached hydrogens (primary N) is 1. The molecule has 0 atom stereocenters. The smallest absolute Gasteiger partial charge is 0.257 e. The highest BCUT2D eigenvalue weighted by Crippen LogP contribution is 2.12. The van der Waals surface area contributed by atoms with Crippen LogP contribution in [-0.2, 0) is 6.54 Å². The predicted molar refractivity (Wildman–Crippen MR) is 60.1 cm³/mol. The summed E-state index contributed by atoms with van der Waals surface area (Å²) in [6.45, 7) is 3.74. The molecular formula is C10H13N5O2. The van der Waals surface area contributed by atoms with Gasteiger partial charge in [0.15, 0.2) is 5.82 Å². The summed E-state index contributed by atoms with van der Waals surface area (Å²) in [5.41, 5.74) is 6.56. The van der Waals surface area contributed by atoms with Crippen LogP contribution in [-0.4, -0.2) is 21.1 Å². The number of H-pyrrole nitrogens is 1. The van der Waals surface area contributed by atoms with E-state index >= 15 is 0 Å². The molecule has 90 valence electrons. The number of nitrogens with one attached hydrogen (secondary N) is 2. The van der Waals surface area contributed by atoms with Gasteiger partial charge in [-0.15, -0.1) is 0 Å². The second-order valence-electron chi connectivity index (χ2n) is 3.66. The van der Waals surface area contributed by atoms with Crippen LogP contribution in [0.2, 0.25) is 0 Å². The minimum Gasteiger partial charge on any atom is -0.444 e. The van der Waals surface area contributed by atoms with Gasteiger partial charge in [0.2, 0.25) is 5.89 Å². The lowest BCUT2D eigenvalue weighted by Gasteiger charge is -2.02. The predicted octanol–water partition coefficient (Wildman–Crippen LogP) is 0.527. The second kappa shape index (κ2) is 4.28. The lowest BCUT2D eigenvalue weighted by Crippen LogP contribution is -2.24. The van der Waals surface area contributed by atoms with E-state index in [1.807, 2.05) is 0 Å². The molecule has 17 heavy (non-hydrogen) atoms. The third kappa shape index (κ3) is 2.27. The molecule has 0 spiro atoms. The van der Waals surface area contributed by atoms with Crippen molar-refractivity contribution in [2.75, 3.05) is 5.73 Å². The summed E-state index contributed by atoms with van der Waals surface area (Å²) in [6, 6.07) is 0. The minimum atomic E-state index is -0.301. The van der Waals surface area contributed by atoms with Gasteiger partial charge in [-0.05, 0) is 13.8 Å². The number of rotatable bonds is 3. The summed E-state index contributed by atoms with van der Waals surface area (Å²) in [4.78, 5) is 15.8. The highest BCUT2D eigenvalue weighted by molar-refractivity contribution is 5.99. The van der Waals surface area contributed by atoms with Gasteiger partial charge in [-0.1, -0.05) is 0 Å². The molecule has 0 saturated carbocycles. The molecule has 0 radical (unpaired) electrons. The normalized spacial score (nSPS) is 10.5. The van der Waals surface area contributed by atoms with Crippen LogP contribution in [0.25, 0.3) is 0 Å². The zero-order valence-electron chi connectivity index (χ0n) is 9.57. The van der Waals surface area contributed by atoms with Gasteiger partial charge < -0.3 is 15.5 Å². The quantitative estimate of drug-likeness (QED) is 0.718. The van der Waals surface area contributed by atoms with E-state index in [9.17, 15) is 4.79 Å². The van der Waals surface area contributed by atoms with Crippen molar-refractivity contribution in [1.29, 1.82) is 0 Å². The standard InChI is InChI=1S/C10H13N5O2/c1-5-3-12-7(17-5)4-13-10(16)8-6(2)14-15-9(8)11/h3H,4H2,1-2H3,(H,13,16)(H3,11,14,15). The maximum atomic E-state index is 11.8. The van der Waals surface area contributed by atoms with Gasteiger partial charge in [0.25, 0.3) is 5.91 Å². The average molecular weight is 235 g/mol. The molecule has 4 N–H and O–H groups in total. The van der Waals surface area contributed by atoms with E-state index in [-0.39, 0.29) is 18.3 Å². The largest absolute Gasteiger partial charge is 0.444 e. The number of aryl methyl sites for hydroxylation is 2. The molecule has 0 aromatic carbocycles. The van der Waals surface area contributed by atoms with Crippen LogP contribution in [0, 0.1) is 13.8 Å². The molecule has 0 unspecified atom stereocenters. The van der Waals surface area contributed by atoms with E-state index in [1.54, 1.807) is 20.0 Å². The molecule has 2 aromatic rings. The fraction of sp³-hybridized carbons (Fsp3) is 0.300. The van der Waals surface area contributed by atoms with Gasteiger partial charge in [-0.3, -0.25) is 9.89 Å². The van der Waals surface area contributed by atoms with Crippen molar-refractivity contribution in [3.63, 3.8) is 0 Å². The van der Waals surface area contributed by atoms with E-state index in [0.29, 0.717) is 22.9 Å². The van der Waals surface area contributed by atoms with Gasteiger partial charge in [0.05, 0.1) is 12.7 Å².